The van der Waals surface area contributed by atoms with E-state index in [1.54, 1.807) is 0 Å². The van der Waals surface area contributed by atoms with E-state index in [0.29, 0.717) is 0 Å². The van der Waals surface area contributed by atoms with Gasteiger partial charge in [0.2, 0.25) is 0 Å². The average molecular weight is 347 g/mol. The molecule has 1 aliphatic rings. The zero-order chi connectivity index (χ0) is 17.3. The number of thiophene rings is 1. The van der Waals surface area contributed by atoms with E-state index in [2.05, 4.69) is 65.5 Å². The quantitative estimate of drug-likeness (QED) is 0.253. The van der Waals surface area contributed by atoms with Gasteiger partial charge in [0.25, 0.3) is 0 Å². The summed E-state index contributed by atoms with van der Waals surface area (Å²) in [6.45, 7) is 7.38. The Kier molecular flexibility index (Phi) is 2.67. The summed E-state index contributed by atoms with van der Waals surface area (Å²) < 4.78 is 2.75. The molecule has 26 heavy (non-hydrogen) atoms. The van der Waals surface area contributed by atoms with E-state index in [1.165, 1.54) is 53.2 Å². The minimum atomic E-state index is 0.720. The second-order valence-corrected chi connectivity index (χ2v) is 7.88. The predicted molar refractivity (Wildman–Crippen MR) is 111 cm³/mol. The van der Waals surface area contributed by atoms with Crippen molar-refractivity contribution in [2.45, 2.75) is 6.42 Å². The first kappa shape index (κ1) is 14.1. The maximum atomic E-state index is 7.38. The van der Waals surface area contributed by atoms with Crippen LogP contribution in [0.1, 0.15) is 11.1 Å². The molecule has 1 heterocycles. The van der Waals surface area contributed by atoms with Gasteiger partial charge in [-0.1, -0.05) is 54.6 Å². The molecule has 0 spiro atoms. The van der Waals surface area contributed by atoms with Gasteiger partial charge in [-0.05, 0) is 51.6 Å². The summed E-state index contributed by atoms with van der Waals surface area (Å²) >= 11 is 1.90. The number of fused-ring (bicyclic) bond motifs is 10. The molecule has 1 aromatic heterocycles. The lowest BCUT2D eigenvalue weighted by Gasteiger charge is -2.10. The van der Waals surface area contributed by atoms with Crippen LogP contribution >= 0.6 is 11.3 Å². The van der Waals surface area contributed by atoms with Crippen LogP contribution < -0.4 is 0 Å². The van der Waals surface area contributed by atoms with Gasteiger partial charge < -0.3 is 0 Å². The fourth-order valence-corrected chi connectivity index (χ4v) is 5.67. The first-order valence-corrected chi connectivity index (χ1v) is 9.52. The van der Waals surface area contributed by atoms with E-state index in [1.807, 2.05) is 17.4 Å². The Morgan fingerprint density at radius 3 is 2.46 bits per heavy atom. The normalized spacial score (nSPS) is 12.4. The molecular formula is C24H13NS. The molecule has 0 N–H and O–H groups in total. The zero-order valence-electron chi connectivity index (χ0n) is 13.9. The van der Waals surface area contributed by atoms with Crippen molar-refractivity contribution in [1.82, 2.24) is 0 Å². The highest BCUT2D eigenvalue weighted by molar-refractivity contribution is 7.26. The van der Waals surface area contributed by atoms with Crippen molar-refractivity contribution in [2.75, 3.05) is 0 Å². The highest BCUT2D eigenvalue weighted by Gasteiger charge is 2.26. The van der Waals surface area contributed by atoms with Crippen molar-refractivity contribution in [3.8, 4) is 11.1 Å². The summed E-state index contributed by atoms with van der Waals surface area (Å²) in [7, 11) is 0. The van der Waals surface area contributed by atoms with Crippen molar-refractivity contribution in [2.24, 2.45) is 0 Å². The Hall–Kier alpha value is -3.15. The van der Waals surface area contributed by atoms with Gasteiger partial charge in [-0.2, -0.15) is 0 Å². The Morgan fingerprint density at radius 2 is 1.62 bits per heavy atom. The number of hydrogen-bond acceptors (Lipinski definition) is 1. The first-order valence-electron chi connectivity index (χ1n) is 8.71. The molecule has 0 unspecified atom stereocenters. The topological polar surface area (TPSA) is 4.36 Å². The summed E-state index contributed by atoms with van der Waals surface area (Å²) in [5.74, 6) is 0. The second kappa shape index (κ2) is 4.94. The monoisotopic (exact) mass is 347 g/mol. The summed E-state index contributed by atoms with van der Waals surface area (Å²) in [6.07, 6.45) is 0.955. The van der Waals surface area contributed by atoms with Gasteiger partial charge in [-0.15, -0.1) is 11.3 Å². The van der Waals surface area contributed by atoms with Gasteiger partial charge in [0.15, 0.2) is 5.69 Å². The van der Waals surface area contributed by atoms with Crippen LogP contribution in [0.3, 0.4) is 0 Å². The molecule has 0 radical (unpaired) electrons. The lowest BCUT2D eigenvalue weighted by Crippen LogP contribution is -1.84. The predicted octanol–water partition coefficient (Wildman–Crippen LogP) is 7.33. The van der Waals surface area contributed by atoms with Crippen LogP contribution in [0.4, 0.5) is 5.69 Å². The van der Waals surface area contributed by atoms with Crippen LogP contribution in [0, 0.1) is 6.57 Å². The van der Waals surface area contributed by atoms with Crippen LogP contribution in [-0.2, 0) is 6.42 Å². The zero-order valence-corrected chi connectivity index (χ0v) is 14.7. The summed E-state index contributed by atoms with van der Waals surface area (Å²) in [5, 5.41) is 5.36. The minimum absolute atomic E-state index is 0.720. The number of hydrogen-bond donors (Lipinski definition) is 0. The molecule has 2 heteroatoms. The number of nitrogens with zero attached hydrogens (tertiary/aromatic N) is 1. The third-order valence-electron chi connectivity index (χ3n) is 5.50. The third-order valence-corrected chi connectivity index (χ3v) is 6.73. The second-order valence-electron chi connectivity index (χ2n) is 6.83. The van der Waals surface area contributed by atoms with Gasteiger partial charge in [-0.25, -0.2) is 4.85 Å². The van der Waals surface area contributed by atoms with Gasteiger partial charge in [0, 0.05) is 20.2 Å². The molecule has 1 nitrogen and oxygen atoms in total. The highest BCUT2D eigenvalue weighted by atomic mass is 32.1. The molecule has 0 aliphatic heterocycles. The van der Waals surface area contributed by atoms with E-state index >= 15 is 0 Å². The molecule has 0 saturated carbocycles. The Labute approximate surface area is 155 Å². The molecule has 5 aromatic rings. The fourth-order valence-electron chi connectivity index (χ4n) is 4.41. The molecule has 1 aliphatic carbocycles. The summed E-state index contributed by atoms with van der Waals surface area (Å²) in [5.41, 5.74) is 6.06. The smallest absolute Gasteiger partial charge is 0.187 e. The van der Waals surface area contributed by atoms with E-state index in [9.17, 15) is 0 Å². The summed E-state index contributed by atoms with van der Waals surface area (Å²) in [4.78, 5) is 3.65. The molecule has 6 rings (SSSR count). The SMILES string of the molecule is [C-]#[N+]c1ccc2c(c1)-c1c(c3sc4ccccc4c3c3ccccc13)C2. The largest absolute Gasteiger partial charge is 0.238 e. The van der Waals surface area contributed by atoms with Crippen molar-refractivity contribution in [3.05, 3.63) is 89.3 Å². The van der Waals surface area contributed by atoms with Crippen LogP contribution in [0.25, 0.3) is 46.9 Å². The Morgan fingerprint density at radius 1 is 0.846 bits per heavy atom. The van der Waals surface area contributed by atoms with Gasteiger partial charge >= 0.3 is 0 Å². The average Bonchev–Trinajstić information content (AvgIpc) is 3.26. The van der Waals surface area contributed by atoms with Crippen LogP contribution in [0.15, 0.2) is 66.7 Å². The summed E-state index contributed by atoms with van der Waals surface area (Å²) in [6, 6.07) is 23.6. The maximum Gasteiger partial charge on any atom is 0.187 e. The van der Waals surface area contributed by atoms with Crippen molar-refractivity contribution in [1.29, 1.82) is 0 Å². The lowest BCUT2D eigenvalue weighted by molar-refractivity contribution is 1.29. The molecule has 0 atom stereocenters. The Balaban J connectivity index is 1.88. The molecule has 0 amide bonds. The van der Waals surface area contributed by atoms with Gasteiger partial charge in [-0.3, -0.25) is 0 Å². The van der Waals surface area contributed by atoms with E-state index in [4.69, 9.17) is 6.57 Å². The standard InChI is InChI=1S/C24H13NS/c1-25-15-11-10-14-12-20-22(19(14)13-15)16-6-2-3-7-17(16)23-18-8-4-5-9-21(18)26-24(20)23/h2-11,13H,12H2. The van der Waals surface area contributed by atoms with E-state index in [-0.39, 0.29) is 0 Å². The molecule has 0 bridgehead atoms. The molecule has 4 aromatic carbocycles. The maximum absolute atomic E-state index is 7.38. The molecular weight excluding hydrogens is 334 g/mol. The molecule has 0 fully saturated rings. The van der Waals surface area contributed by atoms with Crippen molar-refractivity contribution >= 4 is 48.0 Å². The van der Waals surface area contributed by atoms with E-state index in [0.717, 1.165) is 12.1 Å². The fraction of sp³-hybridized carbons (Fsp3) is 0.0417. The van der Waals surface area contributed by atoms with Gasteiger partial charge in [0.05, 0.1) is 6.57 Å². The minimum Gasteiger partial charge on any atom is -0.238 e. The molecule has 120 valence electrons. The first-order chi connectivity index (χ1) is 12.8. The van der Waals surface area contributed by atoms with Crippen LogP contribution in [-0.4, -0.2) is 0 Å². The molecule has 0 saturated heterocycles. The lowest BCUT2D eigenvalue weighted by atomic mass is 9.94. The highest BCUT2D eigenvalue weighted by Crippen LogP contribution is 2.50. The van der Waals surface area contributed by atoms with Crippen LogP contribution in [0.2, 0.25) is 0 Å². The third kappa shape index (κ3) is 1.68. The van der Waals surface area contributed by atoms with Gasteiger partial charge in [0.1, 0.15) is 0 Å². The van der Waals surface area contributed by atoms with Crippen molar-refractivity contribution in [3.63, 3.8) is 0 Å². The number of rotatable bonds is 0. The number of benzene rings is 4. The Bertz CT molecular complexity index is 1420. The van der Waals surface area contributed by atoms with E-state index < -0.39 is 0 Å². The van der Waals surface area contributed by atoms with Crippen molar-refractivity contribution < 1.29 is 0 Å². The van der Waals surface area contributed by atoms with Crippen LogP contribution in [0.5, 0.6) is 0 Å².